The first kappa shape index (κ1) is 31.9. The number of carbonyl (C=O) groups excluding carboxylic acids is 2. The highest BCUT2D eigenvalue weighted by molar-refractivity contribution is 7.78. The van der Waals surface area contributed by atoms with Gasteiger partial charge in [-0.1, -0.05) is 17.7 Å². The van der Waals surface area contributed by atoms with Crippen molar-refractivity contribution >= 4 is 34.8 Å². The van der Waals surface area contributed by atoms with E-state index in [2.05, 4.69) is 15.8 Å². The number of aryl methyl sites for hydroxylation is 3. The number of imidazole rings is 1. The van der Waals surface area contributed by atoms with Crippen molar-refractivity contribution in [3.63, 3.8) is 0 Å². The molecule has 43 heavy (non-hydrogen) atoms. The number of hydrogen-bond donors (Lipinski definition) is 1. The van der Waals surface area contributed by atoms with Gasteiger partial charge in [0.1, 0.15) is 17.9 Å². The fraction of sp³-hybridized carbons (Fsp3) is 0.281. The van der Waals surface area contributed by atoms with Crippen molar-refractivity contribution in [1.29, 1.82) is 0 Å². The van der Waals surface area contributed by atoms with Crippen LogP contribution in [-0.4, -0.2) is 45.0 Å². The lowest BCUT2D eigenvalue weighted by atomic mass is 9.91. The first-order valence-electron chi connectivity index (χ1n) is 13.6. The number of methoxy groups -OCH3 is 1. The normalized spacial score (nSPS) is 13.2. The molecule has 0 aliphatic carbocycles. The van der Waals surface area contributed by atoms with Gasteiger partial charge in [-0.3, -0.25) is 4.79 Å². The number of carbonyl (C=O) groups is 2. The van der Waals surface area contributed by atoms with Crippen LogP contribution in [-0.2, 0) is 38.4 Å². The first-order chi connectivity index (χ1) is 20.5. The number of ether oxygens (including phenoxy) is 2. The van der Waals surface area contributed by atoms with Crippen LogP contribution in [0.1, 0.15) is 45.1 Å². The van der Waals surface area contributed by atoms with E-state index in [9.17, 15) is 13.8 Å². The summed E-state index contributed by atoms with van der Waals surface area (Å²) in [6.45, 7) is 7.41. The van der Waals surface area contributed by atoms with E-state index < -0.39 is 35.4 Å². The molecule has 3 atom stereocenters. The number of nitrogens with one attached hydrogen (secondary N) is 1. The second-order valence-electron chi connectivity index (χ2n) is 10.2. The van der Waals surface area contributed by atoms with Crippen LogP contribution in [0.2, 0.25) is 5.02 Å². The van der Waals surface area contributed by atoms with Crippen LogP contribution < -0.4 is 8.91 Å². The third kappa shape index (κ3) is 8.53. The van der Waals surface area contributed by atoms with Gasteiger partial charge in [0.2, 0.25) is 0 Å². The first-order valence-corrected chi connectivity index (χ1v) is 15.1. The zero-order valence-corrected chi connectivity index (χ0v) is 26.2. The number of nitrogens with zero attached hydrogens (tertiary/aromatic N) is 2. The second-order valence-corrected chi connectivity index (χ2v) is 11.5. The summed E-state index contributed by atoms with van der Waals surface area (Å²) in [5, 5.41) is 0.519. The largest absolute Gasteiger partial charge is 0.465 e. The molecule has 1 N–H and O–H groups in total. The molecule has 3 aromatic carbocycles. The van der Waals surface area contributed by atoms with Gasteiger partial charge >= 0.3 is 11.9 Å². The zero-order chi connectivity index (χ0) is 31.1. The molecular weight excluding hydrogens is 590 g/mol. The molecule has 0 aliphatic rings. The second kappa shape index (κ2) is 14.5. The van der Waals surface area contributed by atoms with E-state index in [1.165, 1.54) is 7.11 Å². The van der Waals surface area contributed by atoms with E-state index in [1.807, 2.05) is 43.7 Å². The highest BCUT2D eigenvalue weighted by atomic mass is 35.5. The van der Waals surface area contributed by atoms with Crippen molar-refractivity contribution < 1.29 is 27.5 Å². The van der Waals surface area contributed by atoms with Gasteiger partial charge in [0, 0.05) is 35.9 Å². The summed E-state index contributed by atoms with van der Waals surface area (Å²) in [5.41, 5.74) is 6.17. The summed E-state index contributed by atoms with van der Waals surface area (Å²) in [6, 6.07) is 15.1. The number of benzene rings is 3. The van der Waals surface area contributed by atoms with E-state index in [0.29, 0.717) is 29.2 Å². The van der Waals surface area contributed by atoms with Crippen molar-refractivity contribution in [3.8, 4) is 11.4 Å². The SMILES string of the molecule is COC(=O)c1cc(C)c(CC(Cc2cc(-n3ccnc3)ccc2C)OC(=O)C(C)NS(=O)Oc2ccc(Cl)cc2)c(C)c1. The number of rotatable bonds is 12. The van der Waals surface area contributed by atoms with Gasteiger partial charge in [-0.25, -0.2) is 9.78 Å². The van der Waals surface area contributed by atoms with Crippen LogP contribution in [0.3, 0.4) is 0 Å². The lowest BCUT2D eigenvalue weighted by molar-refractivity contribution is -0.150. The smallest absolute Gasteiger partial charge is 0.337 e. The molecule has 1 heterocycles. The van der Waals surface area contributed by atoms with Crippen molar-refractivity contribution in [2.45, 2.75) is 52.7 Å². The standard InChI is InChI=1S/C32H34ClN3O6S/c1-20-6-9-27(36-13-12-34-19-36)16-24(20)17-29(18-30-21(2)14-25(15-22(30)3)32(38)40-5)41-31(37)23(4)35-43(39)42-28-10-7-26(33)8-11-28/h6-16,19,23,29,35H,17-18H2,1-5H3. The monoisotopic (exact) mass is 623 g/mol. The Bertz CT molecular complexity index is 1590. The van der Waals surface area contributed by atoms with Gasteiger partial charge in [0.25, 0.3) is 11.3 Å². The molecule has 4 aromatic rings. The number of esters is 2. The predicted molar refractivity (Wildman–Crippen MR) is 166 cm³/mol. The van der Waals surface area contributed by atoms with Crippen molar-refractivity contribution in [2.24, 2.45) is 0 Å². The molecule has 11 heteroatoms. The van der Waals surface area contributed by atoms with Crippen molar-refractivity contribution in [3.05, 3.63) is 112 Å². The van der Waals surface area contributed by atoms with E-state index in [0.717, 1.165) is 33.5 Å². The molecule has 0 saturated carbocycles. The molecule has 3 unspecified atom stereocenters. The maximum atomic E-state index is 13.3. The summed E-state index contributed by atoms with van der Waals surface area (Å²) >= 11 is 3.89. The Morgan fingerprint density at radius 3 is 2.33 bits per heavy atom. The maximum absolute atomic E-state index is 13.3. The van der Waals surface area contributed by atoms with Gasteiger partial charge in [0.15, 0.2) is 0 Å². The van der Waals surface area contributed by atoms with Gasteiger partial charge in [-0.2, -0.15) is 8.93 Å². The van der Waals surface area contributed by atoms with Crippen LogP contribution in [0, 0.1) is 20.8 Å². The van der Waals surface area contributed by atoms with E-state index in [1.54, 1.807) is 55.8 Å². The van der Waals surface area contributed by atoms with Gasteiger partial charge in [0.05, 0.1) is 19.0 Å². The highest BCUT2D eigenvalue weighted by Gasteiger charge is 2.25. The lowest BCUT2D eigenvalue weighted by Crippen LogP contribution is -2.40. The van der Waals surface area contributed by atoms with E-state index in [-0.39, 0.29) is 0 Å². The van der Waals surface area contributed by atoms with Crippen LogP contribution in [0.5, 0.6) is 5.75 Å². The molecule has 1 aromatic heterocycles. The highest BCUT2D eigenvalue weighted by Crippen LogP contribution is 2.24. The molecule has 0 radical (unpaired) electrons. The molecule has 226 valence electrons. The molecule has 0 aliphatic heterocycles. The molecule has 4 rings (SSSR count). The Labute approximate surface area is 258 Å². The Balaban J connectivity index is 1.56. The van der Waals surface area contributed by atoms with Gasteiger partial charge in [-0.05, 0) is 104 Å². The minimum absolute atomic E-state index is 0.336. The summed E-state index contributed by atoms with van der Waals surface area (Å²) < 4.78 is 33.4. The minimum atomic E-state index is -2.00. The fourth-order valence-electron chi connectivity index (χ4n) is 4.69. The van der Waals surface area contributed by atoms with Crippen LogP contribution in [0.25, 0.3) is 5.69 Å². The zero-order valence-electron chi connectivity index (χ0n) is 24.6. The third-order valence-electron chi connectivity index (χ3n) is 7.03. The van der Waals surface area contributed by atoms with Crippen molar-refractivity contribution in [2.75, 3.05) is 7.11 Å². The molecular formula is C32H34ClN3O6S. The van der Waals surface area contributed by atoms with E-state index >= 15 is 0 Å². The molecule has 0 fully saturated rings. The maximum Gasteiger partial charge on any atom is 0.337 e. The van der Waals surface area contributed by atoms with Crippen LogP contribution in [0.15, 0.2) is 73.3 Å². The Morgan fingerprint density at radius 1 is 1.00 bits per heavy atom. The lowest BCUT2D eigenvalue weighted by Gasteiger charge is -2.24. The molecule has 9 nitrogen and oxygen atoms in total. The minimum Gasteiger partial charge on any atom is -0.465 e. The van der Waals surface area contributed by atoms with Gasteiger partial charge < -0.3 is 18.2 Å². The van der Waals surface area contributed by atoms with Crippen molar-refractivity contribution in [1.82, 2.24) is 14.3 Å². The average molecular weight is 624 g/mol. The number of halogens is 1. The average Bonchev–Trinajstić information content (AvgIpc) is 3.51. The number of hydrogen-bond acceptors (Lipinski definition) is 7. The predicted octanol–water partition coefficient (Wildman–Crippen LogP) is 5.57. The molecule has 0 amide bonds. The number of aromatic nitrogens is 2. The molecule has 0 bridgehead atoms. The van der Waals surface area contributed by atoms with Crippen LogP contribution in [0.4, 0.5) is 0 Å². The summed E-state index contributed by atoms with van der Waals surface area (Å²) in [7, 11) is 1.35. The summed E-state index contributed by atoms with van der Waals surface area (Å²) in [6.07, 6.45) is 5.55. The molecule has 0 spiro atoms. The summed E-state index contributed by atoms with van der Waals surface area (Å²) in [4.78, 5) is 29.6. The quantitative estimate of drug-likeness (QED) is 0.206. The van der Waals surface area contributed by atoms with Crippen LogP contribution >= 0.6 is 11.6 Å². The van der Waals surface area contributed by atoms with Gasteiger partial charge in [-0.15, -0.1) is 0 Å². The Morgan fingerprint density at radius 2 is 1.70 bits per heavy atom. The van der Waals surface area contributed by atoms with E-state index in [4.69, 9.17) is 25.3 Å². The third-order valence-corrected chi connectivity index (χ3v) is 8.17. The molecule has 0 saturated heterocycles. The summed E-state index contributed by atoms with van der Waals surface area (Å²) in [5.74, 6) is -0.660. The Kier molecular flexibility index (Phi) is 10.7. The topological polar surface area (TPSA) is 109 Å². The fourth-order valence-corrected chi connectivity index (χ4v) is 5.54. The Hall–Kier alpha value is -3.99.